The zero-order valence-corrected chi connectivity index (χ0v) is 13.3. The van der Waals surface area contributed by atoms with E-state index in [-0.39, 0.29) is 6.10 Å². The SMILES string of the molecule is CCc1nn(C)c(CC(O)CSC2CCCC2)c1Cl. The molecule has 3 nitrogen and oxygen atoms in total. The van der Waals surface area contributed by atoms with Gasteiger partial charge < -0.3 is 5.11 Å². The first-order valence-corrected chi connectivity index (χ1v) is 8.54. The fourth-order valence-electron chi connectivity index (χ4n) is 2.63. The Labute approximate surface area is 124 Å². The molecule has 1 aromatic heterocycles. The average Bonchev–Trinajstić information content (AvgIpc) is 2.99. The van der Waals surface area contributed by atoms with Crippen LogP contribution >= 0.6 is 23.4 Å². The van der Waals surface area contributed by atoms with E-state index >= 15 is 0 Å². The van der Waals surface area contributed by atoms with Crippen molar-refractivity contribution < 1.29 is 5.11 Å². The van der Waals surface area contributed by atoms with E-state index in [0.29, 0.717) is 6.42 Å². The lowest BCUT2D eigenvalue weighted by Crippen LogP contribution is -2.17. The van der Waals surface area contributed by atoms with Crippen LogP contribution in [-0.4, -0.2) is 32.0 Å². The molecule has 1 atom stereocenters. The van der Waals surface area contributed by atoms with E-state index in [1.807, 2.05) is 30.4 Å². The van der Waals surface area contributed by atoms with Crippen LogP contribution < -0.4 is 0 Å². The van der Waals surface area contributed by atoms with Crippen LogP contribution in [0, 0.1) is 0 Å². The highest BCUT2D eigenvalue weighted by atomic mass is 35.5. The number of hydrogen-bond acceptors (Lipinski definition) is 3. The molecule has 1 unspecified atom stereocenters. The molecule has 1 heterocycles. The molecule has 108 valence electrons. The van der Waals surface area contributed by atoms with Crippen LogP contribution in [-0.2, 0) is 19.9 Å². The summed E-state index contributed by atoms with van der Waals surface area (Å²) in [6.45, 7) is 2.05. The maximum absolute atomic E-state index is 10.2. The fraction of sp³-hybridized carbons (Fsp3) is 0.786. The van der Waals surface area contributed by atoms with Crippen LogP contribution in [0.4, 0.5) is 0 Å². The molecule has 0 spiro atoms. The number of aryl methyl sites for hydroxylation is 2. The maximum atomic E-state index is 10.2. The molecule has 2 rings (SSSR count). The summed E-state index contributed by atoms with van der Waals surface area (Å²) in [6, 6.07) is 0. The monoisotopic (exact) mass is 302 g/mol. The molecule has 0 radical (unpaired) electrons. The highest BCUT2D eigenvalue weighted by Crippen LogP contribution is 2.30. The van der Waals surface area contributed by atoms with E-state index in [0.717, 1.165) is 33.8 Å². The van der Waals surface area contributed by atoms with E-state index < -0.39 is 0 Å². The summed E-state index contributed by atoms with van der Waals surface area (Å²) < 4.78 is 1.81. The van der Waals surface area contributed by atoms with Crippen molar-refractivity contribution in [2.45, 2.75) is 56.8 Å². The first-order chi connectivity index (χ1) is 9.11. The minimum atomic E-state index is -0.330. The predicted molar refractivity (Wildman–Crippen MR) is 82.0 cm³/mol. The molecule has 5 heteroatoms. The minimum absolute atomic E-state index is 0.330. The van der Waals surface area contributed by atoms with Crippen molar-refractivity contribution in [2.24, 2.45) is 7.05 Å². The normalized spacial score (nSPS) is 18.1. The van der Waals surface area contributed by atoms with Crippen LogP contribution in [0.25, 0.3) is 0 Å². The lowest BCUT2D eigenvalue weighted by Gasteiger charge is -2.14. The van der Waals surface area contributed by atoms with Gasteiger partial charge in [0.25, 0.3) is 0 Å². The van der Waals surface area contributed by atoms with E-state index in [4.69, 9.17) is 11.6 Å². The van der Waals surface area contributed by atoms with E-state index in [1.54, 1.807) is 0 Å². The summed E-state index contributed by atoms with van der Waals surface area (Å²) >= 11 is 8.21. The molecular formula is C14H23ClN2OS. The van der Waals surface area contributed by atoms with Crippen LogP contribution in [0.15, 0.2) is 0 Å². The van der Waals surface area contributed by atoms with Gasteiger partial charge in [-0.3, -0.25) is 4.68 Å². The van der Waals surface area contributed by atoms with E-state index in [2.05, 4.69) is 5.10 Å². The zero-order chi connectivity index (χ0) is 13.8. The Balaban J connectivity index is 1.87. The number of thioether (sulfide) groups is 1. The van der Waals surface area contributed by atoms with Gasteiger partial charge in [0.15, 0.2) is 0 Å². The number of aliphatic hydroxyl groups is 1. The number of aliphatic hydroxyl groups excluding tert-OH is 1. The maximum Gasteiger partial charge on any atom is 0.0850 e. The van der Waals surface area contributed by atoms with Crippen molar-refractivity contribution in [3.63, 3.8) is 0 Å². The van der Waals surface area contributed by atoms with Crippen LogP contribution in [0.5, 0.6) is 0 Å². The number of nitrogens with zero attached hydrogens (tertiary/aromatic N) is 2. The standard InChI is InChI=1S/C14H23ClN2OS/c1-3-12-14(15)13(17(2)16-12)8-10(18)9-19-11-6-4-5-7-11/h10-11,18H,3-9H2,1-2H3. The van der Waals surface area contributed by atoms with E-state index in [9.17, 15) is 5.11 Å². The Morgan fingerprint density at radius 2 is 2.16 bits per heavy atom. The molecule has 0 aromatic carbocycles. The molecule has 1 fully saturated rings. The number of aromatic nitrogens is 2. The summed E-state index contributed by atoms with van der Waals surface area (Å²) in [5.41, 5.74) is 1.88. The third-order valence-corrected chi connectivity index (χ3v) is 5.71. The Morgan fingerprint density at radius 3 is 2.74 bits per heavy atom. The first-order valence-electron chi connectivity index (χ1n) is 7.11. The van der Waals surface area contributed by atoms with Crippen molar-refractivity contribution in [3.8, 4) is 0 Å². The number of halogens is 1. The van der Waals surface area contributed by atoms with Gasteiger partial charge in [-0.05, 0) is 19.3 Å². The second-order valence-corrected chi connectivity index (χ2v) is 6.99. The summed E-state index contributed by atoms with van der Waals surface area (Å²) in [6.07, 6.45) is 6.42. The van der Waals surface area contributed by atoms with Crippen LogP contribution in [0.3, 0.4) is 0 Å². The highest BCUT2D eigenvalue weighted by molar-refractivity contribution is 7.99. The molecule has 0 saturated heterocycles. The smallest absolute Gasteiger partial charge is 0.0850 e. The summed E-state index contributed by atoms with van der Waals surface area (Å²) in [4.78, 5) is 0. The molecule has 0 aliphatic heterocycles. The third-order valence-electron chi connectivity index (χ3n) is 3.76. The lowest BCUT2D eigenvalue weighted by atomic mass is 10.2. The first kappa shape index (κ1) is 15.2. The Hall–Kier alpha value is -0.190. The quantitative estimate of drug-likeness (QED) is 0.877. The second kappa shape index (κ2) is 7.00. The molecule has 1 aromatic rings. The van der Waals surface area contributed by atoms with E-state index in [1.165, 1.54) is 25.7 Å². The summed E-state index contributed by atoms with van der Waals surface area (Å²) in [7, 11) is 1.90. The van der Waals surface area contributed by atoms with Gasteiger partial charge in [0.1, 0.15) is 0 Å². The van der Waals surface area contributed by atoms with Gasteiger partial charge in [-0.1, -0.05) is 31.4 Å². The number of rotatable bonds is 6. The molecule has 19 heavy (non-hydrogen) atoms. The van der Waals surface area contributed by atoms with Crippen LogP contribution in [0.1, 0.15) is 44.0 Å². The second-order valence-electron chi connectivity index (χ2n) is 5.28. The minimum Gasteiger partial charge on any atom is -0.392 e. The van der Waals surface area contributed by atoms with Gasteiger partial charge >= 0.3 is 0 Å². The molecule has 0 bridgehead atoms. The van der Waals surface area contributed by atoms with Crippen molar-refractivity contribution in [2.75, 3.05) is 5.75 Å². The van der Waals surface area contributed by atoms with Gasteiger partial charge in [-0.2, -0.15) is 16.9 Å². The van der Waals surface area contributed by atoms with Gasteiger partial charge in [0, 0.05) is 24.5 Å². The van der Waals surface area contributed by atoms with Crippen molar-refractivity contribution in [1.29, 1.82) is 0 Å². The van der Waals surface area contributed by atoms with Crippen LogP contribution in [0.2, 0.25) is 5.02 Å². The van der Waals surface area contributed by atoms with Gasteiger partial charge in [-0.25, -0.2) is 0 Å². The Morgan fingerprint density at radius 1 is 1.47 bits per heavy atom. The summed E-state index contributed by atoms with van der Waals surface area (Å²) in [5, 5.41) is 16.0. The molecule has 1 N–H and O–H groups in total. The number of hydrogen-bond donors (Lipinski definition) is 1. The van der Waals surface area contributed by atoms with Crippen molar-refractivity contribution in [3.05, 3.63) is 16.4 Å². The summed E-state index contributed by atoms with van der Waals surface area (Å²) in [5.74, 6) is 0.799. The van der Waals surface area contributed by atoms with Crippen molar-refractivity contribution >= 4 is 23.4 Å². The predicted octanol–water partition coefficient (Wildman–Crippen LogP) is 3.22. The third kappa shape index (κ3) is 3.89. The molecule has 1 aliphatic rings. The largest absolute Gasteiger partial charge is 0.392 e. The molecular weight excluding hydrogens is 280 g/mol. The van der Waals surface area contributed by atoms with Gasteiger partial charge in [0.2, 0.25) is 0 Å². The molecule has 0 amide bonds. The molecule has 1 saturated carbocycles. The van der Waals surface area contributed by atoms with Crippen molar-refractivity contribution in [1.82, 2.24) is 9.78 Å². The van der Waals surface area contributed by atoms with Gasteiger partial charge in [0.05, 0.1) is 22.5 Å². The highest BCUT2D eigenvalue weighted by Gasteiger charge is 2.20. The topological polar surface area (TPSA) is 38.0 Å². The average molecular weight is 303 g/mol. The molecule has 1 aliphatic carbocycles. The zero-order valence-electron chi connectivity index (χ0n) is 11.7. The lowest BCUT2D eigenvalue weighted by molar-refractivity contribution is 0.197. The fourth-order valence-corrected chi connectivity index (χ4v) is 4.28. The Bertz CT molecular complexity index is 416. The Kier molecular flexibility index (Phi) is 5.60. The van der Waals surface area contributed by atoms with Gasteiger partial charge in [-0.15, -0.1) is 0 Å².